The van der Waals surface area contributed by atoms with Crippen LogP contribution in [-0.2, 0) is 0 Å². The zero-order valence-electron chi connectivity index (χ0n) is 7.24. The molecule has 0 spiro atoms. The van der Waals surface area contributed by atoms with Crippen molar-refractivity contribution in [1.29, 1.82) is 0 Å². The van der Waals surface area contributed by atoms with Crippen molar-refractivity contribution in [2.45, 2.75) is 43.0 Å². The average Bonchev–Trinajstić information content (AvgIpc) is 2.57. The van der Waals surface area contributed by atoms with E-state index >= 15 is 0 Å². The lowest BCUT2D eigenvalue weighted by atomic mass is 9.79. The predicted octanol–water partition coefficient (Wildman–Crippen LogP) is 1.86. The van der Waals surface area contributed by atoms with Gasteiger partial charge in [0.2, 0.25) is 0 Å². The first-order valence-electron chi connectivity index (χ1n) is 5.09. The lowest BCUT2D eigenvalue weighted by molar-refractivity contribution is -0.00637. The second-order valence-electron chi connectivity index (χ2n) is 5.00. The Kier molecular flexibility index (Phi) is 1.42. The molecular formula is C10H16OS. The predicted molar refractivity (Wildman–Crippen MR) is 51.3 cm³/mol. The van der Waals surface area contributed by atoms with Crippen LogP contribution in [0.5, 0.6) is 0 Å². The van der Waals surface area contributed by atoms with Crippen LogP contribution < -0.4 is 0 Å². The number of aliphatic hydroxyl groups is 1. The summed E-state index contributed by atoms with van der Waals surface area (Å²) in [6, 6.07) is 0. The van der Waals surface area contributed by atoms with Gasteiger partial charge in [-0.25, -0.2) is 0 Å². The monoisotopic (exact) mass is 184 g/mol. The maximum Gasteiger partial charge on any atom is 0.0681 e. The Morgan fingerprint density at radius 1 is 1.33 bits per heavy atom. The SMILES string of the molecule is OC12CCC(C1)C1CC(S)CC12. The van der Waals surface area contributed by atoms with E-state index in [0.29, 0.717) is 11.2 Å². The van der Waals surface area contributed by atoms with Crippen LogP contribution in [0, 0.1) is 17.8 Å². The first kappa shape index (κ1) is 7.69. The first-order valence-corrected chi connectivity index (χ1v) is 5.61. The third kappa shape index (κ3) is 0.805. The second kappa shape index (κ2) is 2.21. The van der Waals surface area contributed by atoms with Crippen LogP contribution in [0.3, 0.4) is 0 Å². The van der Waals surface area contributed by atoms with E-state index in [-0.39, 0.29) is 5.60 Å². The van der Waals surface area contributed by atoms with E-state index in [9.17, 15) is 5.11 Å². The van der Waals surface area contributed by atoms with Gasteiger partial charge in [-0.15, -0.1) is 0 Å². The van der Waals surface area contributed by atoms with Crippen molar-refractivity contribution in [2.24, 2.45) is 17.8 Å². The van der Waals surface area contributed by atoms with E-state index in [4.69, 9.17) is 0 Å². The second-order valence-corrected chi connectivity index (χ2v) is 5.73. The Morgan fingerprint density at radius 2 is 2.17 bits per heavy atom. The molecule has 1 nitrogen and oxygen atoms in total. The van der Waals surface area contributed by atoms with Crippen LogP contribution in [-0.4, -0.2) is 16.0 Å². The van der Waals surface area contributed by atoms with Crippen molar-refractivity contribution in [1.82, 2.24) is 0 Å². The molecule has 0 radical (unpaired) electrons. The Hall–Kier alpha value is 0.310. The Morgan fingerprint density at radius 3 is 2.92 bits per heavy atom. The lowest BCUT2D eigenvalue weighted by Crippen LogP contribution is -2.33. The van der Waals surface area contributed by atoms with Crippen LogP contribution in [0.1, 0.15) is 32.1 Å². The smallest absolute Gasteiger partial charge is 0.0681 e. The largest absolute Gasteiger partial charge is 0.390 e. The van der Waals surface area contributed by atoms with Crippen molar-refractivity contribution in [3.63, 3.8) is 0 Å². The average molecular weight is 184 g/mol. The summed E-state index contributed by atoms with van der Waals surface area (Å²) in [5.41, 5.74) is -0.257. The number of thiol groups is 1. The molecule has 3 aliphatic rings. The fraction of sp³-hybridized carbons (Fsp3) is 1.00. The minimum atomic E-state index is -0.257. The summed E-state index contributed by atoms with van der Waals surface area (Å²) in [5, 5.41) is 10.9. The van der Waals surface area contributed by atoms with Gasteiger partial charge in [-0.05, 0) is 49.9 Å². The van der Waals surface area contributed by atoms with Crippen molar-refractivity contribution in [2.75, 3.05) is 0 Å². The summed E-state index contributed by atoms with van der Waals surface area (Å²) in [4.78, 5) is 0. The molecule has 3 rings (SSSR count). The lowest BCUT2D eigenvalue weighted by Gasteiger charge is -2.30. The molecule has 5 atom stereocenters. The van der Waals surface area contributed by atoms with Crippen LogP contribution in [0.4, 0.5) is 0 Å². The van der Waals surface area contributed by atoms with Gasteiger partial charge >= 0.3 is 0 Å². The molecule has 3 aliphatic carbocycles. The van der Waals surface area contributed by atoms with Crippen LogP contribution >= 0.6 is 12.6 Å². The summed E-state index contributed by atoms with van der Waals surface area (Å²) in [6.07, 6.45) is 5.88. The highest BCUT2D eigenvalue weighted by Gasteiger charge is 2.59. The third-order valence-corrected chi connectivity index (χ3v) is 4.87. The van der Waals surface area contributed by atoms with Gasteiger partial charge < -0.3 is 5.11 Å². The number of fused-ring (bicyclic) bond motifs is 5. The number of hydrogen-bond donors (Lipinski definition) is 2. The molecule has 3 saturated carbocycles. The molecule has 12 heavy (non-hydrogen) atoms. The van der Waals surface area contributed by atoms with Gasteiger partial charge in [-0.3, -0.25) is 0 Å². The van der Waals surface area contributed by atoms with Crippen LogP contribution in [0.25, 0.3) is 0 Å². The molecule has 0 amide bonds. The zero-order chi connectivity index (χ0) is 8.34. The van der Waals surface area contributed by atoms with Crippen molar-refractivity contribution < 1.29 is 5.11 Å². The topological polar surface area (TPSA) is 20.2 Å². The molecule has 0 aromatic rings. The summed E-state index contributed by atoms with van der Waals surface area (Å²) >= 11 is 4.53. The summed E-state index contributed by atoms with van der Waals surface area (Å²) in [7, 11) is 0. The first-order chi connectivity index (χ1) is 5.69. The molecule has 3 fully saturated rings. The molecule has 0 aliphatic heterocycles. The summed E-state index contributed by atoms with van der Waals surface area (Å²) in [6.45, 7) is 0. The van der Waals surface area contributed by atoms with E-state index in [1.54, 1.807) is 0 Å². The van der Waals surface area contributed by atoms with Gasteiger partial charge in [0, 0.05) is 5.25 Å². The highest BCUT2D eigenvalue weighted by atomic mass is 32.1. The normalized spacial score (nSPS) is 62.5. The molecule has 1 N–H and O–H groups in total. The van der Waals surface area contributed by atoms with Gasteiger partial charge in [0.05, 0.1) is 5.60 Å². The molecular weight excluding hydrogens is 168 g/mol. The third-order valence-electron chi connectivity index (χ3n) is 4.45. The molecule has 0 aromatic carbocycles. The Balaban J connectivity index is 1.93. The number of rotatable bonds is 0. The van der Waals surface area contributed by atoms with Crippen LogP contribution in [0.15, 0.2) is 0 Å². The number of hydrogen-bond acceptors (Lipinski definition) is 2. The van der Waals surface area contributed by atoms with E-state index in [1.807, 2.05) is 0 Å². The van der Waals surface area contributed by atoms with E-state index in [2.05, 4.69) is 12.6 Å². The van der Waals surface area contributed by atoms with Gasteiger partial charge in [-0.1, -0.05) is 0 Å². The van der Waals surface area contributed by atoms with E-state index in [0.717, 1.165) is 24.7 Å². The molecule has 0 aromatic heterocycles. The molecule has 5 unspecified atom stereocenters. The fourth-order valence-corrected chi connectivity index (χ4v) is 4.45. The van der Waals surface area contributed by atoms with Gasteiger partial charge in [0.15, 0.2) is 0 Å². The van der Waals surface area contributed by atoms with Gasteiger partial charge in [0.1, 0.15) is 0 Å². The van der Waals surface area contributed by atoms with Crippen molar-refractivity contribution in [3.05, 3.63) is 0 Å². The van der Waals surface area contributed by atoms with E-state index < -0.39 is 0 Å². The molecule has 0 saturated heterocycles. The maximum absolute atomic E-state index is 10.3. The molecule has 2 bridgehead atoms. The summed E-state index contributed by atoms with van der Waals surface area (Å²) in [5.74, 6) is 2.28. The standard InChI is InChI=1S/C10H16OS/c11-10-2-1-6(5-10)8-3-7(12)4-9(8)10/h6-9,11-12H,1-5H2. The molecule has 68 valence electrons. The minimum Gasteiger partial charge on any atom is -0.390 e. The minimum absolute atomic E-state index is 0.257. The maximum atomic E-state index is 10.3. The van der Waals surface area contributed by atoms with Crippen LogP contribution in [0.2, 0.25) is 0 Å². The zero-order valence-corrected chi connectivity index (χ0v) is 8.13. The van der Waals surface area contributed by atoms with Gasteiger partial charge in [0.25, 0.3) is 0 Å². The van der Waals surface area contributed by atoms with E-state index in [1.165, 1.54) is 19.3 Å². The molecule has 0 heterocycles. The fourth-order valence-electron chi connectivity index (χ4n) is 3.98. The van der Waals surface area contributed by atoms with Gasteiger partial charge in [-0.2, -0.15) is 12.6 Å². The highest BCUT2D eigenvalue weighted by Crippen LogP contribution is 2.61. The van der Waals surface area contributed by atoms with Crippen molar-refractivity contribution >= 4 is 12.6 Å². The highest BCUT2D eigenvalue weighted by molar-refractivity contribution is 7.80. The summed E-state index contributed by atoms with van der Waals surface area (Å²) < 4.78 is 0. The van der Waals surface area contributed by atoms with Crippen molar-refractivity contribution in [3.8, 4) is 0 Å². The quantitative estimate of drug-likeness (QED) is 0.551. The molecule has 2 heteroatoms. The Bertz CT molecular complexity index is 218. The Labute approximate surface area is 79.0 Å².